The first kappa shape index (κ1) is 51.5. The van der Waals surface area contributed by atoms with Crippen molar-refractivity contribution in [1.82, 2.24) is 0 Å². The topological polar surface area (TPSA) is 292 Å². The van der Waals surface area contributed by atoms with E-state index in [2.05, 4.69) is 54.5 Å². The molecule has 8 aliphatic rings. The fourth-order valence-corrected chi connectivity index (χ4v) is 15.8. The molecule has 3 saturated heterocycles. The van der Waals surface area contributed by atoms with Gasteiger partial charge in [0.15, 0.2) is 24.8 Å². The number of esters is 1. The summed E-state index contributed by atoms with van der Waals surface area (Å²) in [6.07, 6.45) is -14.6. The monoisotopic (exact) mass is 955 g/mol. The molecule has 0 aromatic heterocycles. The molecule has 3 heterocycles. The van der Waals surface area contributed by atoms with Crippen LogP contribution in [0.3, 0.4) is 0 Å². The predicted octanol–water partition coefficient (Wildman–Crippen LogP) is 1.16. The molecule has 4 saturated carbocycles. The molecule has 0 spiro atoms. The zero-order valence-corrected chi connectivity index (χ0v) is 40.3. The van der Waals surface area contributed by atoms with E-state index in [0.29, 0.717) is 19.3 Å². The number of carboxylic acids is 1. The lowest BCUT2D eigenvalue weighted by Gasteiger charge is -2.72. The van der Waals surface area contributed by atoms with Crippen LogP contribution >= 0.6 is 0 Å². The van der Waals surface area contributed by atoms with E-state index in [1.807, 2.05) is 0 Å². The molecule has 7 fully saturated rings. The highest BCUT2D eigenvalue weighted by molar-refractivity contribution is 5.74. The molecule has 3 aliphatic heterocycles. The third kappa shape index (κ3) is 7.98. The minimum absolute atomic E-state index is 0.0221. The summed E-state index contributed by atoms with van der Waals surface area (Å²) in [5.74, 6) is -2.66. The fourth-order valence-electron chi connectivity index (χ4n) is 15.8. The van der Waals surface area contributed by atoms with Gasteiger partial charge in [0, 0.05) is 12.3 Å². The van der Waals surface area contributed by atoms with Crippen molar-refractivity contribution >= 4 is 11.9 Å². The lowest BCUT2D eigenvalue weighted by Crippen LogP contribution is -2.70. The van der Waals surface area contributed by atoms with Crippen molar-refractivity contribution in [3.63, 3.8) is 0 Å². The summed E-state index contributed by atoms with van der Waals surface area (Å²) in [6.45, 7) is 15.5. The Morgan fingerprint density at radius 2 is 1.30 bits per heavy atom. The third-order valence-corrected chi connectivity index (χ3v) is 19.7. The Bertz CT molecular complexity index is 1880. The van der Waals surface area contributed by atoms with E-state index in [4.69, 9.17) is 28.4 Å². The van der Waals surface area contributed by atoms with Crippen molar-refractivity contribution < 1.29 is 89.1 Å². The molecule has 0 bridgehead atoms. The van der Waals surface area contributed by atoms with Gasteiger partial charge in [0.2, 0.25) is 0 Å². The Balaban J connectivity index is 1.17. The van der Waals surface area contributed by atoms with Gasteiger partial charge in [0.1, 0.15) is 54.9 Å². The highest BCUT2D eigenvalue weighted by Gasteiger charge is 2.71. The molecule has 23 atom stereocenters. The number of carbonyl (C=O) groups excluding carboxylic acids is 1. The fraction of sp³-hybridized carbons (Fsp3) is 0.918. The zero-order valence-electron chi connectivity index (χ0n) is 40.3. The van der Waals surface area contributed by atoms with Gasteiger partial charge in [-0.05, 0) is 109 Å². The van der Waals surface area contributed by atoms with E-state index in [-0.39, 0.29) is 46.0 Å². The van der Waals surface area contributed by atoms with Crippen LogP contribution in [0.15, 0.2) is 11.6 Å². The molecular weight excluding hydrogens is 877 g/mol. The smallest absolute Gasteiger partial charge is 0.335 e. The number of fused-ring (bicyclic) bond motifs is 7. The maximum absolute atomic E-state index is 13.4. The second-order valence-electron chi connectivity index (χ2n) is 23.8. The van der Waals surface area contributed by atoms with Gasteiger partial charge in [0.05, 0.1) is 32.0 Å². The van der Waals surface area contributed by atoms with Crippen molar-refractivity contribution in [2.45, 2.75) is 205 Å². The van der Waals surface area contributed by atoms with E-state index >= 15 is 0 Å². The van der Waals surface area contributed by atoms with Crippen LogP contribution in [0, 0.1) is 56.2 Å². The first-order chi connectivity index (χ1) is 31.3. The van der Waals surface area contributed by atoms with Crippen molar-refractivity contribution in [2.75, 3.05) is 19.8 Å². The molecule has 0 amide bonds. The van der Waals surface area contributed by atoms with Crippen molar-refractivity contribution in [3.05, 3.63) is 11.6 Å². The van der Waals surface area contributed by atoms with Gasteiger partial charge >= 0.3 is 11.9 Å². The molecule has 0 radical (unpaired) electrons. The minimum atomic E-state index is -1.90. The average molecular weight is 955 g/mol. The van der Waals surface area contributed by atoms with Crippen LogP contribution in [-0.2, 0) is 38.0 Å². The Labute approximate surface area is 392 Å². The van der Waals surface area contributed by atoms with Crippen molar-refractivity contribution in [2.24, 2.45) is 56.2 Å². The largest absolute Gasteiger partial charge is 0.479 e. The summed E-state index contributed by atoms with van der Waals surface area (Å²) in [5, 5.41) is 108. The summed E-state index contributed by atoms with van der Waals surface area (Å²) in [4.78, 5) is 26.5. The lowest BCUT2D eigenvalue weighted by atomic mass is 9.32. The number of carboxylic acid groups (broad SMARTS) is 1. The summed E-state index contributed by atoms with van der Waals surface area (Å²) in [7, 11) is 0. The second-order valence-corrected chi connectivity index (χ2v) is 23.8. The Morgan fingerprint density at radius 3 is 1.88 bits per heavy atom. The van der Waals surface area contributed by atoms with Crippen LogP contribution < -0.4 is 0 Å². The number of hydrogen-bond donors (Lipinski definition) is 10. The standard InChI is InChI=1S/C49H78O18/c1-22(53)62-38-37(66-43-35(59)33(57)31(55)26(19-50)63-43)36(65-40(41(60)61)39(38)67-42-34(58)32(56)27(20-51)64-42)24-11-13-46(6)28(45(24,4)5)12-14-47(7)29(46)10-9-23-25-17-44(2,3)15-16-49(25,21-52)30(54)18-48(23,47)8/h9,24-40,42-43,50-52,54-59H,10-21H2,1-8H3,(H,60,61)/t24-,25+,26-,27-,28+,29-,30-,31+,32-,33+,34+,35-,36+,37+,38-,39+,40+,42+,43+,46+,47-,48-,49-/m1/s1. The molecule has 0 unspecified atom stereocenters. The first-order valence-corrected chi connectivity index (χ1v) is 24.6. The zero-order chi connectivity index (χ0) is 49.1. The summed E-state index contributed by atoms with van der Waals surface area (Å²) in [6, 6.07) is 0. The number of aliphatic hydroxyl groups excluding tert-OH is 9. The molecule has 18 heteroatoms. The van der Waals surface area contributed by atoms with Crippen molar-refractivity contribution in [1.29, 1.82) is 0 Å². The predicted molar refractivity (Wildman–Crippen MR) is 234 cm³/mol. The minimum Gasteiger partial charge on any atom is -0.479 e. The van der Waals surface area contributed by atoms with Crippen LogP contribution in [-0.4, -0.2) is 175 Å². The molecule has 0 aromatic carbocycles. The second kappa shape index (κ2) is 18.0. The summed E-state index contributed by atoms with van der Waals surface area (Å²) < 4.78 is 36.6. The molecule has 382 valence electrons. The SMILES string of the molecule is CC(=O)O[C@@H]1[C@@H](O[C@@H]2O[C@H](CO)[C@H](O)[C@H](O)[C@H]2O)[C@H]([C@H]2CC[C@]3(C)[C@H]4CC=C5[C@@H]6CC(C)(C)CC[C@]6(CO)[C@H](O)C[C@@]5(C)[C@]4(C)CC[C@H]3C2(C)C)O[C@H](C(=O)O)[C@H]1O[C@@H]1O[C@H](CO)[C@@H](O)[C@@H]1O. The first-order valence-electron chi connectivity index (χ1n) is 24.6. The van der Waals surface area contributed by atoms with Gasteiger partial charge in [-0.1, -0.05) is 60.1 Å². The Hall–Kier alpha value is -1.88. The van der Waals surface area contributed by atoms with Crippen LogP contribution in [0.4, 0.5) is 0 Å². The van der Waals surface area contributed by atoms with Gasteiger partial charge in [0.25, 0.3) is 0 Å². The molecule has 18 nitrogen and oxygen atoms in total. The quantitative estimate of drug-likeness (QED) is 0.109. The summed E-state index contributed by atoms with van der Waals surface area (Å²) >= 11 is 0. The molecule has 0 aromatic rings. The maximum atomic E-state index is 13.4. The Morgan fingerprint density at radius 1 is 0.701 bits per heavy atom. The lowest BCUT2D eigenvalue weighted by molar-refractivity contribution is -0.356. The van der Waals surface area contributed by atoms with E-state index < -0.39 is 134 Å². The number of ether oxygens (including phenoxy) is 6. The normalized spacial score (nSPS) is 52.4. The van der Waals surface area contributed by atoms with Crippen molar-refractivity contribution in [3.8, 4) is 0 Å². The highest BCUT2D eigenvalue weighted by atomic mass is 16.7. The van der Waals surface area contributed by atoms with Gasteiger partial charge in [-0.3, -0.25) is 4.79 Å². The molecule has 5 aliphatic carbocycles. The van der Waals surface area contributed by atoms with Gasteiger partial charge in [-0.15, -0.1) is 0 Å². The third-order valence-electron chi connectivity index (χ3n) is 19.7. The number of hydrogen-bond acceptors (Lipinski definition) is 17. The number of aliphatic hydroxyl groups is 9. The highest BCUT2D eigenvalue weighted by Crippen LogP contribution is 2.76. The maximum Gasteiger partial charge on any atom is 0.335 e. The van der Waals surface area contributed by atoms with E-state index in [1.54, 1.807) is 0 Å². The summed E-state index contributed by atoms with van der Waals surface area (Å²) in [5.41, 5.74) is -0.614. The molecule has 10 N–H and O–H groups in total. The molecule has 8 rings (SSSR count). The number of rotatable bonds is 10. The van der Waals surface area contributed by atoms with Gasteiger partial charge in [-0.25, -0.2) is 4.79 Å². The van der Waals surface area contributed by atoms with Crippen LogP contribution in [0.25, 0.3) is 0 Å². The average Bonchev–Trinajstić information content (AvgIpc) is 3.52. The van der Waals surface area contributed by atoms with Crippen LogP contribution in [0.1, 0.15) is 113 Å². The molecular formula is C49H78O18. The Kier molecular flexibility index (Phi) is 13.8. The molecule has 67 heavy (non-hydrogen) atoms. The number of allylic oxidation sites excluding steroid dienone is 2. The van der Waals surface area contributed by atoms with E-state index in [0.717, 1.165) is 45.4 Å². The van der Waals surface area contributed by atoms with E-state index in [9.17, 15) is 60.7 Å². The van der Waals surface area contributed by atoms with Crippen LogP contribution in [0.5, 0.6) is 0 Å². The van der Waals surface area contributed by atoms with Crippen LogP contribution in [0.2, 0.25) is 0 Å². The van der Waals surface area contributed by atoms with Gasteiger partial charge < -0.3 is 79.5 Å². The number of carbonyl (C=O) groups is 2. The van der Waals surface area contributed by atoms with E-state index in [1.165, 1.54) is 5.57 Å². The van der Waals surface area contributed by atoms with Gasteiger partial charge in [-0.2, -0.15) is 0 Å². The number of aliphatic carboxylic acids is 1.